The first-order valence-electron chi connectivity index (χ1n) is 10.3. The zero-order valence-corrected chi connectivity index (χ0v) is 17.9. The molecule has 0 aliphatic carbocycles. The van der Waals surface area contributed by atoms with E-state index >= 15 is 0 Å². The van der Waals surface area contributed by atoms with Gasteiger partial charge in [-0.2, -0.15) is 0 Å². The Morgan fingerprint density at radius 2 is 2.03 bits per heavy atom. The van der Waals surface area contributed by atoms with Gasteiger partial charge >= 0.3 is 6.03 Å². The number of nitrogens with zero attached hydrogens (tertiary/aromatic N) is 1. The molecule has 3 rings (SSSR count). The Bertz CT molecular complexity index is 813. The molecule has 0 spiro atoms. The third-order valence-electron chi connectivity index (χ3n) is 5.38. The summed E-state index contributed by atoms with van der Waals surface area (Å²) in [5.41, 5.74) is 0.908. The molecule has 0 radical (unpaired) electrons. The van der Waals surface area contributed by atoms with Gasteiger partial charge in [0.15, 0.2) is 0 Å². The van der Waals surface area contributed by atoms with E-state index in [1.54, 1.807) is 37.2 Å². The molecule has 164 valence electrons. The second kappa shape index (κ2) is 9.34. The van der Waals surface area contributed by atoms with E-state index in [4.69, 9.17) is 9.47 Å². The molecule has 30 heavy (non-hydrogen) atoms. The van der Waals surface area contributed by atoms with E-state index in [2.05, 4.69) is 16.0 Å². The summed E-state index contributed by atoms with van der Waals surface area (Å²) in [6.07, 6.45) is 1.20. The number of anilines is 1. The summed E-state index contributed by atoms with van der Waals surface area (Å²) in [7, 11) is 3.36. The van der Waals surface area contributed by atoms with Gasteiger partial charge in [0.2, 0.25) is 5.91 Å². The first kappa shape index (κ1) is 21.9. The van der Waals surface area contributed by atoms with Gasteiger partial charge in [-0.15, -0.1) is 0 Å². The Labute approximate surface area is 176 Å². The topological polar surface area (TPSA) is 109 Å². The molecule has 0 aromatic heterocycles. The van der Waals surface area contributed by atoms with E-state index < -0.39 is 0 Å². The molecule has 0 unspecified atom stereocenters. The van der Waals surface area contributed by atoms with E-state index in [0.717, 1.165) is 6.42 Å². The molecular weight excluding hydrogens is 388 g/mol. The van der Waals surface area contributed by atoms with E-state index in [1.165, 1.54) is 0 Å². The fourth-order valence-corrected chi connectivity index (χ4v) is 3.84. The third-order valence-corrected chi connectivity index (χ3v) is 5.38. The van der Waals surface area contributed by atoms with Crippen LogP contribution in [0.15, 0.2) is 18.2 Å². The molecule has 2 aliphatic heterocycles. The molecule has 3 atom stereocenters. The van der Waals surface area contributed by atoms with Crippen LogP contribution in [0.1, 0.15) is 43.5 Å². The van der Waals surface area contributed by atoms with Crippen molar-refractivity contribution in [2.75, 3.05) is 26.0 Å². The quantitative estimate of drug-likeness (QED) is 0.690. The van der Waals surface area contributed by atoms with Gasteiger partial charge in [0, 0.05) is 25.8 Å². The largest absolute Gasteiger partial charge is 0.490 e. The van der Waals surface area contributed by atoms with Crippen molar-refractivity contribution in [3.05, 3.63) is 23.8 Å². The molecule has 9 nitrogen and oxygen atoms in total. The van der Waals surface area contributed by atoms with E-state index in [-0.39, 0.29) is 48.7 Å². The minimum absolute atomic E-state index is 0.000834. The number of benzene rings is 1. The van der Waals surface area contributed by atoms with Crippen LogP contribution in [0.4, 0.5) is 10.5 Å². The number of carbonyl (C=O) groups is 3. The molecule has 1 fully saturated rings. The smallest absolute Gasteiger partial charge is 0.319 e. The Morgan fingerprint density at radius 1 is 1.27 bits per heavy atom. The molecule has 1 saturated heterocycles. The average molecular weight is 418 g/mol. The summed E-state index contributed by atoms with van der Waals surface area (Å²) in [5.74, 6) is 0.180. The van der Waals surface area contributed by atoms with Crippen LogP contribution in [0, 0.1) is 0 Å². The maximum absolute atomic E-state index is 13.2. The Balaban J connectivity index is 1.76. The lowest BCUT2D eigenvalue weighted by Gasteiger charge is -2.42. The van der Waals surface area contributed by atoms with Crippen LogP contribution < -0.4 is 20.7 Å². The van der Waals surface area contributed by atoms with Crippen LogP contribution >= 0.6 is 0 Å². The van der Waals surface area contributed by atoms with Crippen molar-refractivity contribution in [3.8, 4) is 5.75 Å². The van der Waals surface area contributed by atoms with E-state index in [9.17, 15) is 14.4 Å². The number of amides is 4. The van der Waals surface area contributed by atoms with Crippen LogP contribution in [0.3, 0.4) is 0 Å². The lowest BCUT2D eigenvalue weighted by molar-refractivity contribution is -0.133. The standard InChI is InChI=1S/C21H30N4O5/c1-12(2)23-21(28)24-13-5-8-17-15(9-13)20(27)25(4)16-7-6-14(10-19(26)22-3)30-18(16)11-29-17/h5,8-9,12,14,16,18H,6-7,10-11H2,1-4H3,(H,22,26)(H2,23,24,28)/t14-,16+,18-/m0/s1. The summed E-state index contributed by atoms with van der Waals surface area (Å²) < 4.78 is 12.0. The highest BCUT2D eigenvalue weighted by atomic mass is 16.5. The van der Waals surface area contributed by atoms with Gasteiger partial charge in [-0.3, -0.25) is 9.59 Å². The molecule has 3 N–H and O–H groups in total. The number of nitrogens with one attached hydrogen (secondary N) is 3. The fraction of sp³-hybridized carbons (Fsp3) is 0.571. The van der Waals surface area contributed by atoms with Gasteiger partial charge in [-0.25, -0.2) is 4.79 Å². The highest BCUT2D eigenvalue weighted by molar-refractivity contribution is 5.99. The first-order chi connectivity index (χ1) is 14.3. The van der Waals surface area contributed by atoms with Crippen LogP contribution in [0.5, 0.6) is 5.75 Å². The van der Waals surface area contributed by atoms with Crippen molar-refractivity contribution in [2.24, 2.45) is 0 Å². The molecule has 2 aliphatic rings. The van der Waals surface area contributed by atoms with Crippen molar-refractivity contribution in [1.82, 2.24) is 15.5 Å². The summed E-state index contributed by atoms with van der Waals surface area (Å²) in [6, 6.07) is 4.53. The van der Waals surface area contributed by atoms with Crippen molar-refractivity contribution >= 4 is 23.5 Å². The molecule has 2 heterocycles. The van der Waals surface area contributed by atoms with Crippen molar-refractivity contribution < 1.29 is 23.9 Å². The zero-order valence-electron chi connectivity index (χ0n) is 17.9. The van der Waals surface area contributed by atoms with Crippen LogP contribution in [0.25, 0.3) is 0 Å². The normalized spacial score (nSPS) is 23.4. The molecule has 0 saturated carbocycles. The van der Waals surface area contributed by atoms with Gasteiger partial charge in [0.05, 0.1) is 24.1 Å². The maximum atomic E-state index is 13.2. The second-order valence-electron chi connectivity index (χ2n) is 8.01. The van der Waals surface area contributed by atoms with Gasteiger partial charge < -0.3 is 30.3 Å². The molecule has 9 heteroatoms. The number of rotatable bonds is 4. The van der Waals surface area contributed by atoms with Gasteiger partial charge in [0.1, 0.15) is 18.5 Å². The molecule has 1 aromatic carbocycles. The second-order valence-corrected chi connectivity index (χ2v) is 8.01. The van der Waals surface area contributed by atoms with E-state index in [1.807, 2.05) is 13.8 Å². The maximum Gasteiger partial charge on any atom is 0.319 e. The number of fused-ring (bicyclic) bond motifs is 2. The average Bonchev–Trinajstić information content (AvgIpc) is 2.70. The predicted molar refractivity (Wildman–Crippen MR) is 112 cm³/mol. The number of carbonyl (C=O) groups excluding carboxylic acids is 3. The number of hydrogen-bond donors (Lipinski definition) is 3. The number of ether oxygens (including phenoxy) is 2. The number of urea groups is 1. The lowest BCUT2D eigenvalue weighted by atomic mass is 9.94. The lowest BCUT2D eigenvalue weighted by Crippen LogP contribution is -2.53. The number of likely N-dealkylation sites (N-methyl/N-ethyl adjacent to an activating group) is 1. The summed E-state index contributed by atoms with van der Waals surface area (Å²) in [4.78, 5) is 38.5. The number of hydrogen-bond acceptors (Lipinski definition) is 5. The summed E-state index contributed by atoms with van der Waals surface area (Å²) >= 11 is 0. The first-order valence-corrected chi connectivity index (χ1v) is 10.3. The Hall–Kier alpha value is -2.81. The molecule has 1 aromatic rings. The van der Waals surface area contributed by atoms with Crippen molar-refractivity contribution in [2.45, 2.75) is 57.4 Å². The van der Waals surface area contributed by atoms with Gasteiger partial charge in [-0.05, 0) is 44.9 Å². The van der Waals surface area contributed by atoms with Crippen LogP contribution in [0.2, 0.25) is 0 Å². The molecule has 0 bridgehead atoms. The minimum atomic E-state index is -0.333. The molecular formula is C21H30N4O5. The third kappa shape index (κ3) is 5.02. The fourth-order valence-electron chi connectivity index (χ4n) is 3.84. The highest BCUT2D eigenvalue weighted by Crippen LogP contribution is 2.32. The van der Waals surface area contributed by atoms with Crippen molar-refractivity contribution in [3.63, 3.8) is 0 Å². The highest BCUT2D eigenvalue weighted by Gasteiger charge is 2.39. The molecule has 4 amide bonds. The zero-order chi connectivity index (χ0) is 21.8. The summed E-state index contributed by atoms with van der Waals surface area (Å²) in [5, 5.41) is 8.11. The minimum Gasteiger partial charge on any atom is -0.490 e. The van der Waals surface area contributed by atoms with Crippen LogP contribution in [-0.4, -0.2) is 67.7 Å². The van der Waals surface area contributed by atoms with Crippen LogP contribution in [-0.2, 0) is 9.53 Å². The van der Waals surface area contributed by atoms with Crippen molar-refractivity contribution in [1.29, 1.82) is 0 Å². The predicted octanol–water partition coefficient (Wildman–Crippen LogP) is 1.73. The Morgan fingerprint density at radius 3 is 2.73 bits per heavy atom. The SMILES string of the molecule is CNC(=O)C[C@@H]1CC[C@@H]2[C@H](COc3ccc(NC(=O)NC(C)C)cc3C(=O)N2C)O1. The van der Waals surface area contributed by atoms with Gasteiger partial charge in [-0.1, -0.05) is 0 Å². The van der Waals surface area contributed by atoms with E-state index in [0.29, 0.717) is 29.8 Å². The summed E-state index contributed by atoms with van der Waals surface area (Å²) in [6.45, 7) is 4.02. The van der Waals surface area contributed by atoms with Gasteiger partial charge in [0.25, 0.3) is 5.91 Å². The Kier molecular flexibility index (Phi) is 6.81. The monoisotopic (exact) mass is 418 g/mol.